The summed E-state index contributed by atoms with van der Waals surface area (Å²) in [5, 5.41) is 0.728. The summed E-state index contributed by atoms with van der Waals surface area (Å²) in [6.07, 6.45) is 4.59. The molecule has 3 nitrogen and oxygen atoms in total. The zero-order valence-corrected chi connectivity index (χ0v) is 17.6. The zero-order valence-electron chi connectivity index (χ0n) is 16.9. The van der Waals surface area contributed by atoms with Gasteiger partial charge < -0.3 is 4.90 Å². The second-order valence-corrected chi connectivity index (χ2v) is 8.60. The molecule has 2 aliphatic rings. The molecule has 1 amide bonds. The molecule has 0 spiro atoms. The Morgan fingerprint density at radius 1 is 1.00 bits per heavy atom. The Hall–Kier alpha value is -1.84. The molecule has 148 valence electrons. The number of amides is 1. The molecule has 0 bridgehead atoms. The van der Waals surface area contributed by atoms with Gasteiger partial charge in [-0.2, -0.15) is 0 Å². The Labute approximate surface area is 173 Å². The van der Waals surface area contributed by atoms with Gasteiger partial charge >= 0.3 is 0 Å². The lowest BCUT2D eigenvalue weighted by Gasteiger charge is -2.27. The first-order chi connectivity index (χ1) is 13.6. The molecule has 1 unspecified atom stereocenters. The van der Waals surface area contributed by atoms with Crippen LogP contribution in [0, 0.1) is 0 Å². The van der Waals surface area contributed by atoms with Crippen LogP contribution in [0.5, 0.6) is 0 Å². The molecule has 1 aliphatic carbocycles. The van der Waals surface area contributed by atoms with Crippen LogP contribution >= 0.6 is 11.6 Å². The van der Waals surface area contributed by atoms with Crippen LogP contribution in [0.25, 0.3) is 0 Å². The lowest BCUT2D eigenvalue weighted by molar-refractivity contribution is 0.0766. The van der Waals surface area contributed by atoms with Crippen molar-refractivity contribution in [3.8, 4) is 0 Å². The fraction of sp³-hybridized carbons (Fsp3) is 0.458. The maximum absolute atomic E-state index is 13.0. The topological polar surface area (TPSA) is 23.6 Å². The molecule has 0 N–H and O–H groups in total. The van der Waals surface area contributed by atoms with Crippen molar-refractivity contribution in [1.82, 2.24) is 9.80 Å². The van der Waals surface area contributed by atoms with Gasteiger partial charge in [0.05, 0.1) is 0 Å². The van der Waals surface area contributed by atoms with Crippen LogP contribution in [-0.2, 0) is 25.9 Å². The van der Waals surface area contributed by atoms with E-state index in [1.54, 1.807) is 0 Å². The molecule has 2 aromatic rings. The molecule has 1 heterocycles. The number of fused-ring (bicyclic) bond motifs is 2. The summed E-state index contributed by atoms with van der Waals surface area (Å²) < 4.78 is 0. The summed E-state index contributed by atoms with van der Waals surface area (Å²) in [6, 6.07) is 12.9. The molecule has 0 saturated heterocycles. The van der Waals surface area contributed by atoms with Crippen LogP contribution in [0.15, 0.2) is 36.4 Å². The average Bonchev–Trinajstić information content (AvgIpc) is 3.23. The number of hydrogen-bond donors (Lipinski definition) is 0. The highest BCUT2D eigenvalue weighted by atomic mass is 35.5. The molecule has 0 radical (unpaired) electrons. The first-order valence-electron chi connectivity index (χ1n) is 10.5. The van der Waals surface area contributed by atoms with E-state index in [1.165, 1.54) is 42.6 Å². The van der Waals surface area contributed by atoms with Crippen LogP contribution in [0.3, 0.4) is 0 Å². The highest BCUT2D eigenvalue weighted by Gasteiger charge is 2.32. The van der Waals surface area contributed by atoms with Gasteiger partial charge in [-0.3, -0.25) is 9.69 Å². The second-order valence-electron chi connectivity index (χ2n) is 8.16. The SMILES string of the molecule is CCCN(CCC)C1Cc2cc3c(cc2C1)C(=O)N(Cc1ccc(Cl)cc1)C3. The van der Waals surface area contributed by atoms with Gasteiger partial charge in [0.25, 0.3) is 5.91 Å². The minimum atomic E-state index is 0.162. The van der Waals surface area contributed by atoms with Gasteiger partial charge in [-0.05, 0) is 79.2 Å². The predicted molar refractivity (Wildman–Crippen MR) is 115 cm³/mol. The number of halogens is 1. The third kappa shape index (κ3) is 3.83. The van der Waals surface area contributed by atoms with Gasteiger partial charge in [0.1, 0.15) is 0 Å². The highest BCUT2D eigenvalue weighted by molar-refractivity contribution is 6.30. The number of nitrogens with zero attached hydrogens (tertiary/aromatic N) is 2. The standard InChI is InChI=1S/C24H29ClN2O/c1-3-9-26(10-4-2)22-12-18-11-20-16-27(15-17-5-7-21(25)8-6-17)24(28)23(20)14-19(18)13-22/h5-8,11,14,22H,3-4,9-10,12-13,15-16H2,1-2H3. The monoisotopic (exact) mass is 396 g/mol. The van der Waals surface area contributed by atoms with Crippen LogP contribution < -0.4 is 0 Å². The Morgan fingerprint density at radius 2 is 1.64 bits per heavy atom. The Kier molecular flexibility index (Phi) is 5.75. The molecule has 28 heavy (non-hydrogen) atoms. The summed E-state index contributed by atoms with van der Waals surface area (Å²) in [5.41, 5.74) is 6.04. The van der Waals surface area contributed by atoms with E-state index < -0.39 is 0 Å². The molecule has 0 fully saturated rings. The van der Waals surface area contributed by atoms with Gasteiger partial charge in [-0.1, -0.05) is 43.6 Å². The Balaban J connectivity index is 1.49. The molecule has 4 rings (SSSR count). The predicted octanol–water partition coefficient (Wildman–Crippen LogP) is 5.09. The number of carbonyl (C=O) groups excluding carboxylic acids is 1. The van der Waals surface area contributed by atoms with Gasteiger partial charge in [0.2, 0.25) is 0 Å². The second kappa shape index (κ2) is 8.26. The lowest BCUT2D eigenvalue weighted by atomic mass is 10.0. The first kappa shape index (κ1) is 19.5. The fourth-order valence-corrected chi connectivity index (χ4v) is 4.85. The number of carbonyl (C=O) groups is 1. The van der Waals surface area contributed by atoms with E-state index in [2.05, 4.69) is 30.9 Å². The van der Waals surface area contributed by atoms with Gasteiger partial charge in [0, 0.05) is 29.7 Å². The van der Waals surface area contributed by atoms with Crippen molar-refractivity contribution >= 4 is 17.5 Å². The molecule has 0 aromatic heterocycles. The van der Waals surface area contributed by atoms with E-state index in [0.717, 1.165) is 29.0 Å². The summed E-state index contributed by atoms with van der Waals surface area (Å²) in [6.45, 7) is 8.20. The molecular formula is C24H29ClN2O. The van der Waals surface area contributed by atoms with Crippen molar-refractivity contribution in [3.63, 3.8) is 0 Å². The molecule has 0 saturated carbocycles. The Morgan fingerprint density at radius 3 is 2.29 bits per heavy atom. The minimum absolute atomic E-state index is 0.162. The highest BCUT2D eigenvalue weighted by Crippen LogP contribution is 2.33. The van der Waals surface area contributed by atoms with E-state index in [1.807, 2.05) is 29.2 Å². The van der Waals surface area contributed by atoms with E-state index >= 15 is 0 Å². The average molecular weight is 397 g/mol. The normalized spacial score (nSPS) is 18.1. The third-order valence-electron chi connectivity index (χ3n) is 6.04. The molecule has 1 atom stereocenters. The zero-order chi connectivity index (χ0) is 19.7. The van der Waals surface area contributed by atoms with Crippen molar-refractivity contribution < 1.29 is 4.79 Å². The van der Waals surface area contributed by atoms with Gasteiger partial charge in [-0.15, -0.1) is 0 Å². The summed E-state index contributed by atoms with van der Waals surface area (Å²) in [5.74, 6) is 0.162. The largest absolute Gasteiger partial charge is 0.330 e. The van der Waals surface area contributed by atoms with E-state index in [4.69, 9.17) is 11.6 Å². The van der Waals surface area contributed by atoms with Crippen LogP contribution in [0.4, 0.5) is 0 Å². The van der Waals surface area contributed by atoms with E-state index in [9.17, 15) is 4.79 Å². The molecule has 2 aromatic carbocycles. The van der Waals surface area contributed by atoms with Crippen molar-refractivity contribution in [2.75, 3.05) is 13.1 Å². The summed E-state index contributed by atoms with van der Waals surface area (Å²) in [7, 11) is 0. The fourth-order valence-electron chi connectivity index (χ4n) is 4.73. The van der Waals surface area contributed by atoms with Crippen molar-refractivity contribution in [2.45, 2.75) is 58.7 Å². The minimum Gasteiger partial charge on any atom is -0.330 e. The van der Waals surface area contributed by atoms with Crippen LogP contribution in [0.1, 0.15) is 59.3 Å². The van der Waals surface area contributed by atoms with Gasteiger partial charge in [-0.25, -0.2) is 0 Å². The summed E-state index contributed by atoms with van der Waals surface area (Å²) >= 11 is 5.98. The van der Waals surface area contributed by atoms with Crippen LogP contribution in [0.2, 0.25) is 5.02 Å². The number of benzene rings is 2. The van der Waals surface area contributed by atoms with Gasteiger partial charge in [0.15, 0.2) is 0 Å². The van der Waals surface area contributed by atoms with Crippen molar-refractivity contribution in [1.29, 1.82) is 0 Å². The lowest BCUT2D eigenvalue weighted by Crippen LogP contribution is -2.37. The quantitative estimate of drug-likeness (QED) is 0.651. The maximum Gasteiger partial charge on any atom is 0.254 e. The third-order valence-corrected chi connectivity index (χ3v) is 6.29. The maximum atomic E-state index is 13.0. The van der Waals surface area contributed by atoms with Crippen molar-refractivity contribution in [3.05, 3.63) is 69.2 Å². The summed E-state index contributed by atoms with van der Waals surface area (Å²) in [4.78, 5) is 17.6. The number of hydrogen-bond acceptors (Lipinski definition) is 2. The molecule has 4 heteroatoms. The van der Waals surface area contributed by atoms with Crippen LogP contribution in [-0.4, -0.2) is 34.8 Å². The first-order valence-corrected chi connectivity index (χ1v) is 10.9. The molecular weight excluding hydrogens is 368 g/mol. The van der Waals surface area contributed by atoms with E-state index in [0.29, 0.717) is 19.1 Å². The number of rotatable bonds is 7. The smallest absolute Gasteiger partial charge is 0.254 e. The van der Waals surface area contributed by atoms with E-state index in [-0.39, 0.29) is 5.91 Å². The van der Waals surface area contributed by atoms with Crippen molar-refractivity contribution in [2.24, 2.45) is 0 Å². The Bertz CT molecular complexity index is 856. The molecule has 1 aliphatic heterocycles.